The largest absolute Gasteiger partial charge is 0.322 e. The van der Waals surface area contributed by atoms with Crippen LogP contribution in [0.5, 0.6) is 0 Å². The fourth-order valence-electron chi connectivity index (χ4n) is 2.52. The predicted octanol–water partition coefficient (Wildman–Crippen LogP) is 3.00. The van der Waals surface area contributed by atoms with Gasteiger partial charge in [-0.3, -0.25) is 14.9 Å². The number of aromatic nitrogens is 1. The van der Waals surface area contributed by atoms with E-state index in [9.17, 15) is 14.9 Å². The first kappa shape index (κ1) is 11.6. The molecule has 5 heteroatoms. The fraction of sp³-hybridized carbons (Fsp3) is 0.214. The molecule has 1 aromatic carbocycles. The van der Waals surface area contributed by atoms with E-state index < -0.39 is 4.92 Å². The summed E-state index contributed by atoms with van der Waals surface area (Å²) in [5.74, 6) is 0. The van der Waals surface area contributed by atoms with Gasteiger partial charge in [-0.25, -0.2) is 0 Å². The third-order valence-electron chi connectivity index (χ3n) is 3.45. The lowest BCUT2D eigenvalue weighted by atomic mass is 10.1. The molecule has 0 saturated heterocycles. The number of hydrogen-bond acceptors (Lipinski definition) is 3. The zero-order valence-electron chi connectivity index (χ0n) is 10.2. The monoisotopic (exact) mass is 256 g/mol. The Kier molecular flexibility index (Phi) is 2.67. The number of aromatic amines is 1. The van der Waals surface area contributed by atoms with Crippen LogP contribution >= 0.6 is 0 Å². The van der Waals surface area contributed by atoms with Gasteiger partial charge < -0.3 is 4.98 Å². The molecule has 0 atom stereocenters. The number of allylic oxidation sites excluding steroid dienone is 2. The lowest BCUT2D eigenvalue weighted by Gasteiger charge is -2.05. The van der Waals surface area contributed by atoms with E-state index in [1.54, 1.807) is 12.1 Å². The zero-order valence-corrected chi connectivity index (χ0v) is 10.2. The first-order valence-electron chi connectivity index (χ1n) is 6.16. The summed E-state index contributed by atoms with van der Waals surface area (Å²) in [6, 6.07) is 6.28. The Morgan fingerprint density at radius 1 is 1.26 bits per heavy atom. The van der Waals surface area contributed by atoms with E-state index in [1.807, 2.05) is 0 Å². The molecular weight excluding hydrogens is 244 g/mol. The number of nitro groups is 1. The van der Waals surface area contributed by atoms with Crippen LogP contribution in [0.3, 0.4) is 0 Å². The maximum absolute atomic E-state index is 12.0. The molecular formula is C14H12N2O3. The minimum Gasteiger partial charge on any atom is -0.322 e. The van der Waals surface area contributed by atoms with Gasteiger partial charge in [-0.2, -0.15) is 0 Å². The van der Waals surface area contributed by atoms with Crippen molar-refractivity contribution in [1.82, 2.24) is 4.98 Å². The van der Waals surface area contributed by atoms with Crippen LogP contribution in [-0.2, 0) is 0 Å². The van der Waals surface area contributed by atoms with E-state index in [2.05, 4.69) is 11.1 Å². The molecule has 0 amide bonds. The maximum Gasteiger partial charge on any atom is 0.277 e. The molecule has 1 N–H and O–H groups in total. The molecule has 0 fully saturated rings. The van der Waals surface area contributed by atoms with Crippen LogP contribution in [0.25, 0.3) is 16.3 Å². The minimum atomic E-state index is -0.450. The lowest BCUT2D eigenvalue weighted by Crippen LogP contribution is -2.09. The molecule has 1 aliphatic carbocycles. The van der Waals surface area contributed by atoms with Crippen LogP contribution in [0.1, 0.15) is 25.0 Å². The van der Waals surface area contributed by atoms with Gasteiger partial charge in [0.15, 0.2) is 0 Å². The third kappa shape index (κ3) is 1.93. The van der Waals surface area contributed by atoms with Crippen molar-refractivity contribution in [3.63, 3.8) is 0 Å². The standard InChI is InChI=1S/C14H12N2O3/c17-14-10-6-3-7-13(16(18)19)11(10)8-12(15-14)9-4-1-2-5-9/h3-4,6-8H,1-2,5H2,(H,15,17). The highest BCUT2D eigenvalue weighted by Gasteiger charge is 2.16. The van der Waals surface area contributed by atoms with E-state index in [1.165, 1.54) is 12.1 Å². The van der Waals surface area contributed by atoms with Crippen molar-refractivity contribution >= 4 is 22.0 Å². The van der Waals surface area contributed by atoms with Crippen molar-refractivity contribution in [2.45, 2.75) is 19.3 Å². The van der Waals surface area contributed by atoms with Crippen molar-refractivity contribution in [1.29, 1.82) is 0 Å². The molecule has 1 aliphatic rings. The van der Waals surface area contributed by atoms with E-state index in [4.69, 9.17) is 0 Å². The Hall–Kier alpha value is -2.43. The second kappa shape index (κ2) is 4.35. The summed E-state index contributed by atoms with van der Waals surface area (Å²) >= 11 is 0. The number of benzene rings is 1. The highest BCUT2D eigenvalue weighted by molar-refractivity contribution is 5.92. The topological polar surface area (TPSA) is 76.0 Å². The Labute approximate surface area is 108 Å². The molecule has 5 nitrogen and oxygen atoms in total. The highest BCUT2D eigenvalue weighted by atomic mass is 16.6. The predicted molar refractivity (Wildman–Crippen MR) is 73.1 cm³/mol. The lowest BCUT2D eigenvalue weighted by molar-refractivity contribution is -0.383. The van der Waals surface area contributed by atoms with Gasteiger partial charge in [0, 0.05) is 11.8 Å². The number of non-ortho nitro benzene ring substituents is 1. The maximum atomic E-state index is 12.0. The molecule has 0 radical (unpaired) electrons. The number of nitrogens with one attached hydrogen (secondary N) is 1. The van der Waals surface area contributed by atoms with E-state index in [0.717, 1.165) is 24.8 Å². The van der Waals surface area contributed by atoms with Crippen LogP contribution < -0.4 is 5.56 Å². The zero-order chi connectivity index (χ0) is 13.4. The normalized spacial score (nSPS) is 14.6. The van der Waals surface area contributed by atoms with Gasteiger partial charge in [0.1, 0.15) is 0 Å². The quantitative estimate of drug-likeness (QED) is 0.662. The molecule has 1 aromatic heterocycles. The number of pyridine rings is 1. The fourth-order valence-corrected chi connectivity index (χ4v) is 2.52. The summed E-state index contributed by atoms with van der Waals surface area (Å²) in [7, 11) is 0. The SMILES string of the molecule is O=c1[nH]c(C2=CCCC2)cc2c([N+](=O)[O-])cccc12. The van der Waals surface area contributed by atoms with Crippen LogP contribution in [-0.4, -0.2) is 9.91 Å². The first-order valence-corrected chi connectivity index (χ1v) is 6.16. The molecule has 2 aromatic rings. The van der Waals surface area contributed by atoms with Gasteiger partial charge in [-0.15, -0.1) is 0 Å². The van der Waals surface area contributed by atoms with Crippen molar-refractivity contribution in [2.24, 2.45) is 0 Å². The summed E-state index contributed by atoms with van der Waals surface area (Å²) in [6.45, 7) is 0. The average Bonchev–Trinajstić information content (AvgIpc) is 2.91. The van der Waals surface area contributed by atoms with Crippen molar-refractivity contribution < 1.29 is 4.92 Å². The summed E-state index contributed by atoms with van der Waals surface area (Å²) < 4.78 is 0. The Morgan fingerprint density at radius 2 is 2.11 bits per heavy atom. The van der Waals surface area contributed by atoms with Gasteiger partial charge in [0.05, 0.1) is 15.7 Å². The summed E-state index contributed by atoms with van der Waals surface area (Å²) in [5.41, 5.74) is 1.47. The number of nitro benzene ring substituents is 1. The Balaban J connectivity index is 2.31. The minimum absolute atomic E-state index is 0.0246. The van der Waals surface area contributed by atoms with Crippen LogP contribution in [0.15, 0.2) is 35.1 Å². The van der Waals surface area contributed by atoms with Crippen molar-refractivity contribution in [2.75, 3.05) is 0 Å². The third-order valence-corrected chi connectivity index (χ3v) is 3.45. The first-order chi connectivity index (χ1) is 9.16. The smallest absolute Gasteiger partial charge is 0.277 e. The van der Waals surface area contributed by atoms with Gasteiger partial charge in [0.2, 0.25) is 0 Å². The number of H-pyrrole nitrogens is 1. The Morgan fingerprint density at radius 3 is 2.79 bits per heavy atom. The molecule has 1 heterocycles. The summed E-state index contributed by atoms with van der Waals surface area (Å²) in [4.78, 5) is 25.4. The molecule has 0 unspecified atom stereocenters. The van der Waals surface area contributed by atoms with Crippen LogP contribution in [0.2, 0.25) is 0 Å². The van der Waals surface area contributed by atoms with Crippen molar-refractivity contribution in [3.05, 3.63) is 56.5 Å². The number of fused-ring (bicyclic) bond motifs is 1. The Bertz CT molecular complexity index is 759. The second-order valence-corrected chi connectivity index (χ2v) is 4.63. The van der Waals surface area contributed by atoms with Gasteiger partial charge in [-0.1, -0.05) is 12.1 Å². The highest BCUT2D eigenvalue weighted by Crippen LogP contribution is 2.29. The van der Waals surface area contributed by atoms with Gasteiger partial charge >= 0.3 is 0 Å². The van der Waals surface area contributed by atoms with Crippen LogP contribution in [0, 0.1) is 10.1 Å². The number of nitrogens with zero attached hydrogens (tertiary/aromatic N) is 1. The molecule has 19 heavy (non-hydrogen) atoms. The average molecular weight is 256 g/mol. The summed E-state index contributed by atoms with van der Waals surface area (Å²) in [5, 5.41) is 11.8. The molecule has 0 spiro atoms. The molecule has 0 bridgehead atoms. The molecule has 96 valence electrons. The second-order valence-electron chi connectivity index (χ2n) is 4.63. The van der Waals surface area contributed by atoms with E-state index >= 15 is 0 Å². The summed E-state index contributed by atoms with van der Waals surface area (Å²) in [6.07, 6.45) is 5.03. The van der Waals surface area contributed by atoms with Gasteiger partial charge in [-0.05, 0) is 37.0 Å². The number of rotatable bonds is 2. The van der Waals surface area contributed by atoms with Gasteiger partial charge in [0.25, 0.3) is 11.2 Å². The van der Waals surface area contributed by atoms with Crippen molar-refractivity contribution in [3.8, 4) is 0 Å². The molecule has 3 rings (SSSR count). The number of hydrogen-bond donors (Lipinski definition) is 1. The van der Waals surface area contributed by atoms with E-state index in [0.29, 0.717) is 16.5 Å². The van der Waals surface area contributed by atoms with Crippen LogP contribution in [0.4, 0.5) is 5.69 Å². The molecule has 0 aliphatic heterocycles. The van der Waals surface area contributed by atoms with E-state index in [-0.39, 0.29) is 11.2 Å². The molecule has 0 saturated carbocycles.